The Kier molecular flexibility index (Phi) is 20.7. The van der Waals surface area contributed by atoms with Crippen LogP contribution in [-0.2, 0) is 39.7 Å². The molecule has 0 aliphatic heterocycles. The Balaban J connectivity index is 0.00000352. The molecule has 0 saturated heterocycles. The van der Waals surface area contributed by atoms with Crippen molar-refractivity contribution in [3.63, 3.8) is 0 Å². The summed E-state index contributed by atoms with van der Waals surface area (Å²) in [4.78, 5) is 3.04. The molecule has 6 aromatic rings. The zero-order valence-corrected chi connectivity index (χ0v) is 37.7. The van der Waals surface area contributed by atoms with Crippen molar-refractivity contribution < 1.29 is 129 Å². The van der Waals surface area contributed by atoms with Crippen LogP contribution >= 0.6 is 23.4 Å². The van der Waals surface area contributed by atoms with Crippen LogP contribution in [0.4, 0.5) is 44.4 Å². The van der Waals surface area contributed by atoms with Gasteiger partial charge in [-0.2, -0.15) is 14.9 Å². The Morgan fingerprint density at radius 2 is 1.28 bits per heavy atom. The predicted molar refractivity (Wildman–Crippen MR) is 206 cm³/mol. The van der Waals surface area contributed by atoms with Crippen LogP contribution in [0, 0.1) is 29.6 Å². The fraction of sp³-hybridized carbons (Fsp3) is 0.0294. The summed E-state index contributed by atoms with van der Waals surface area (Å²) < 4.78 is 109. The van der Waals surface area contributed by atoms with Crippen LogP contribution in [0.5, 0.6) is 0 Å². The second-order valence-electron chi connectivity index (χ2n) is 11.8. The smallest absolute Gasteiger partial charge is 0.744 e. The molecular weight excluding hydrogens is 915 g/mol. The van der Waals surface area contributed by atoms with Gasteiger partial charge in [-0.15, -0.1) is 20.5 Å². The summed E-state index contributed by atoms with van der Waals surface area (Å²) in [5, 5.41) is 56.9. The van der Waals surface area contributed by atoms with E-state index in [-0.39, 0.29) is 152 Å². The molecule has 30 heteroatoms. The first-order valence-electron chi connectivity index (χ1n) is 16.0. The van der Waals surface area contributed by atoms with Crippen molar-refractivity contribution in [2.45, 2.75) is 26.5 Å². The number of hydrogen-bond acceptors (Lipinski definition) is 23. The van der Waals surface area contributed by atoms with Gasteiger partial charge < -0.3 is 29.5 Å². The number of anilines is 4. The van der Waals surface area contributed by atoms with Crippen LogP contribution in [0.1, 0.15) is 16.7 Å². The number of nitrogens with one attached hydrogen (secondary N) is 2. The van der Waals surface area contributed by atoms with E-state index in [9.17, 15) is 54.7 Å². The number of nitriles is 2. The van der Waals surface area contributed by atoms with Crippen LogP contribution in [-0.4, -0.2) is 43.9 Å². The van der Waals surface area contributed by atoms with Gasteiger partial charge in [0.1, 0.15) is 53.2 Å². The monoisotopic (exact) mass is 933 g/mol. The van der Waals surface area contributed by atoms with E-state index in [4.69, 9.17) is 0 Å². The minimum atomic E-state index is -4.96. The molecule has 21 nitrogen and oxygen atoms in total. The Labute approximate surface area is 420 Å². The Bertz CT molecular complexity index is 3170. The third-order valence-corrected chi connectivity index (χ3v) is 12.1. The quantitative estimate of drug-likeness (QED) is 0.0257. The number of aromatic nitrogens is 1. The fourth-order valence-electron chi connectivity index (χ4n) is 5.29. The molecule has 2 aromatic heterocycles. The Morgan fingerprint density at radius 3 is 1.80 bits per heavy atom. The van der Waals surface area contributed by atoms with Crippen molar-refractivity contribution in [1.82, 2.24) is 4.98 Å². The number of thiophene rings is 1. The minimum absolute atomic E-state index is 0. The van der Waals surface area contributed by atoms with Crippen molar-refractivity contribution in [2.75, 3.05) is 10.6 Å². The number of azo groups is 2. The average molecular weight is 934 g/mol. The maximum atomic E-state index is 12.0. The van der Waals surface area contributed by atoms with Crippen LogP contribution in [0.3, 0.4) is 0 Å². The van der Waals surface area contributed by atoms with Crippen LogP contribution in [0.2, 0.25) is 0 Å². The number of rotatable bonds is 14. The Morgan fingerprint density at radius 1 is 0.703 bits per heavy atom. The molecule has 306 valence electrons. The third-order valence-electron chi connectivity index (χ3n) is 7.99. The van der Waals surface area contributed by atoms with E-state index in [1.54, 1.807) is 0 Å². The molecule has 2 N–H and O–H groups in total. The minimum Gasteiger partial charge on any atom is -0.744 e. The second kappa shape index (κ2) is 23.5. The van der Waals surface area contributed by atoms with Gasteiger partial charge in [0.2, 0.25) is 0 Å². The van der Waals surface area contributed by atoms with Crippen molar-refractivity contribution in [2.24, 2.45) is 20.5 Å². The van der Waals surface area contributed by atoms with Crippen molar-refractivity contribution in [1.29, 1.82) is 10.5 Å². The predicted octanol–water partition coefficient (Wildman–Crippen LogP) is -5.38. The van der Waals surface area contributed by atoms with E-state index in [2.05, 4.69) is 45.4 Å². The van der Waals surface area contributed by atoms with Gasteiger partial charge in [-0.1, -0.05) is 23.5 Å². The number of hydrogen-bond donors (Lipinski definition) is 2. The Hall–Kier alpha value is -3.88. The van der Waals surface area contributed by atoms with E-state index in [1.807, 2.05) is 12.1 Å². The van der Waals surface area contributed by atoms with Crippen LogP contribution < -0.4 is 91.3 Å². The van der Waals surface area contributed by atoms with E-state index in [0.29, 0.717) is 12.0 Å². The molecular formula is C34H19Li4N9O12S5. The standard InChI is InChI=1S/C34H23N9O12S5.4Li/c1-18-27(17-36)32(37-20-5-9-23(10-6-20)58(45,46)47)39-33(38-21-7-11-24(12-8-21)59(48,49)50)31(18)42-43-34-19(16-35)13-30(56-34)41-40-22-14-26-25(28(15-22)57-55-54-44)3-2-4-29(26)60(51,52)53;;;;/h2-15,44H,1H3,(H2,37,38,39)(H,45,46,47)(H,48,49,50)(H,51,52,53);;;;/q;4*+1/p-4. The van der Waals surface area contributed by atoms with Crippen molar-refractivity contribution in [3.8, 4) is 12.1 Å². The molecule has 0 amide bonds. The molecule has 0 bridgehead atoms. The first-order valence-corrected chi connectivity index (χ1v) is 21.8. The van der Waals surface area contributed by atoms with Gasteiger partial charge >= 0.3 is 75.4 Å². The molecule has 0 aliphatic carbocycles. The maximum Gasteiger partial charge on any atom is 1.00 e. The molecule has 0 saturated carbocycles. The normalized spacial score (nSPS) is 11.4. The molecule has 6 rings (SSSR count). The van der Waals surface area contributed by atoms with Gasteiger partial charge in [0, 0.05) is 27.2 Å². The number of benzene rings is 4. The third kappa shape index (κ3) is 13.6. The first-order chi connectivity index (χ1) is 28.4. The van der Waals surface area contributed by atoms with E-state index >= 15 is 0 Å². The van der Waals surface area contributed by atoms with Gasteiger partial charge in [-0.25, -0.2) is 30.2 Å². The molecule has 64 heavy (non-hydrogen) atoms. The summed E-state index contributed by atoms with van der Waals surface area (Å²) in [5.74, 6) is -0.133. The summed E-state index contributed by atoms with van der Waals surface area (Å²) in [6, 6.07) is 21.1. The molecule has 0 radical (unpaired) electrons. The van der Waals surface area contributed by atoms with Crippen LogP contribution in [0.15, 0.2) is 125 Å². The van der Waals surface area contributed by atoms with E-state index in [0.717, 1.165) is 41.7 Å². The van der Waals surface area contributed by atoms with E-state index < -0.39 is 45.0 Å². The summed E-state index contributed by atoms with van der Waals surface area (Å²) in [6.07, 6.45) is 0. The number of fused-ring (bicyclic) bond motifs is 1. The van der Waals surface area contributed by atoms with Crippen molar-refractivity contribution >= 4 is 109 Å². The molecule has 0 atom stereocenters. The molecule has 4 aromatic carbocycles. The zero-order chi connectivity index (χ0) is 43.4. The second-order valence-corrected chi connectivity index (χ2v) is 17.6. The number of nitrogens with zero attached hydrogens (tertiary/aromatic N) is 7. The molecule has 0 spiro atoms. The SMILES string of the molecule is Cc1c(C#N)c(Nc2ccc(S(=O)(=O)[O-])cc2)nc(Nc2ccc(S(=O)(=O)[O-])cc2)c1N=Nc1sc(N=Nc2cc(SOO[O-])c3cccc(S(=O)(=O)[O-])c3c2)cc1C#N.[Li+].[Li+].[Li+].[Li+]. The largest absolute Gasteiger partial charge is 1.00 e. The van der Waals surface area contributed by atoms with Gasteiger partial charge in [0.25, 0.3) is 0 Å². The fourth-order valence-corrected chi connectivity index (χ4v) is 8.21. The number of pyridine rings is 1. The van der Waals surface area contributed by atoms with Crippen LogP contribution in [0.25, 0.3) is 10.8 Å². The van der Waals surface area contributed by atoms with Gasteiger partial charge in [0.05, 0.1) is 43.5 Å². The average Bonchev–Trinajstić information content (AvgIpc) is 3.60. The first kappa shape index (κ1) is 56.2. The van der Waals surface area contributed by atoms with Crippen molar-refractivity contribution in [3.05, 3.63) is 102 Å². The summed E-state index contributed by atoms with van der Waals surface area (Å²) in [5.41, 5.74) is 0.514. The van der Waals surface area contributed by atoms with Gasteiger partial charge in [-0.05, 0) is 85.1 Å². The summed E-state index contributed by atoms with van der Waals surface area (Å²) in [6.45, 7) is 1.50. The van der Waals surface area contributed by atoms with Gasteiger partial charge in [0.15, 0.2) is 16.6 Å². The zero-order valence-electron chi connectivity index (χ0n) is 33.7. The summed E-state index contributed by atoms with van der Waals surface area (Å²) >= 11 is 1.27. The molecule has 0 unspecified atom stereocenters. The molecule has 0 fully saturated rings. The van der Waals surface area contributed by atoms with E-state index in [1.165, 1.54) is 61.5 Å². The van der Waals surface area contributed by atoms with Gasteiger partial charge in [-0.3, -0.25) is 5.04 Å². The topological polar surface area (TPSA) is 347 Å². The molecule has 2 heterocycles. The summed E-state index contributed by atoms with van der Waals surface area (Å²) in [7, 11) is -14.5. The maximum absolute atomic E-state index is 12.0. The molecule has 0 aliphatic rings.